The lowest BCUT2D eigenvalue weighted by molar-refractivity contribution is -0.141. The number of sulfonamides is 1. The minimum absolute atomic E-state index is 0.0241. The van der Waals surface area contributed by atoms with E-state index in [0.717, 1.165) is 18.4 Å². The Bertz CT molecular complexity index is 1220. The summed E-state index contributed by atoms with van der Waals surface area (Å²) in [4.78, 5) is 28.0. The fourth-order valence-corrected chi connectivity index (χ4v) is 4.75. The topological polar surface area (TPSA) is 86.8 Å². The Balaban J connectivity index is 2.54. The minimum Gasteiger partial charge on any atom is -0.350 e. The first-order valence-electron chi connectivity index (χ1n) is 11.4. The second-order valence-electron chi connectivity index (χ2n) is 9.60. The number of hydrogen-bond donors (Lipinski definition) is 1. The van der Waals surface area contributed by atoms with E-state index >= 15 is 0 Å². The standard InChI is InChI=1S/C25H31ClF3N3O4S/c1-6-20(23(34)30-24(2,3)4)31(15-17-10-8-7-9-11-17)22(33)16-32(37(5,35)36)21-14-18(25(27,28)29)12-13-19(21)26/h7-14,20H,6,15-16H2,1-5H3,(H,30,34)/t20-/m1/s1. The first-order valence-corrected chi connectivity index (χ1v) is 13.7. The van der Waals surface area contributed by atoms with Crippen molar-refractivity contribution in [1.82, 2.24) is 10.2 Å². The second-order valence-corrected chi connectivity index (χ2v) is 11.9. The molecule has 0 heterocycles. The van der Waals surface area contributed by atoms with Crippen molar-refractivity contribution in [2.75, 3.05) is 17.1 Å². The SMILES string of the molecule is CC[C@H](C(=O)NC(C)(C)C)N(Cc1ccccc1)C(=O)CN(c1cc(C(F)(F)F)ccc1Cl)S(C)(=O)=O. The molecule has 0 aromatic heterocycles. The quantitative estimate of drug-likeness (QED) is 0.474. The van der Waals surface area contributed by atoms with Crippen molar-refractivity contribution < 1.29 is 31.2 Å². The van der Waals surface area contributed by atoms with E-state index in [1.165, 1.54) is 4.90 Å². The fourth-order valence-electron chi connectivity index (χ4n) is 3.63. The van der Waals surface area contributed by atoms with E-state index in [9.17, 15) is 31.2 Å². The number of nitrogens with zero attached hydrogens (tertiary/aromatic N) is 2. The molecule has 0 radical (unpaired) electrons. The Hall–Kier alpha value is -2.79. The van der Waals surface area contributed by atoms with Gasteiger partial charge in [0, 0.05) is 12.1 Å². The number of carbonyl (C=O) groups is 2. The zero-order chi connectivity index (χ0) is 28.2. The highest BCUT2D eigenvalue weighted by Crippen LogP contribution is 2.36. The summed E-state index contributed by atoms with van der Waals surface area (Å²) in [6.07, 6.45) is -3.78. The van der Waals surface area contributed by atoms with Crippen molar-refractivity contribution in [3.05, 3.63) is 64.7 Å². The smallest absolute Gasteiger partial charge is 0.350 e. The Morgan fingerprint density at radius 1 is 1.05 bits per heavy atom. The molecule has 37 heavy (non-hydrogen) atoms. The number of rotatable bonds is 9. The maximum absolute atomic E-state index is 13.6. The van der Waals surface area contributed by atoms with Crippen LogP contribution in [0.2, 0.25) is 5.02 Å². The van der Waals surface area contributed by atoms with E-state index in [-0.39, 0.29) is 18.0 Å². The van der Waals surface area contributed by atoms with Crippen LogP contribution < -0.4 is 9.62 Å². The minimum atomic E-state index is -4.76. The van der Waals surface area contributed by atoms with Crippen LogP contribution >= 0.6 is 11.6 Å². The van der Waals surface area contributed by atoms with Gasteiger partial charge in [-0.3, -0.25) is 13.9 Å². The highest BCUT2D eigenvalue weighted by Gasteiger charge is 2.35. The van der Waals surface area contributed by atoms with Gasteiger partial charge in [0.15, 0.2) is 0 Å². The normalized spacial score (nSPS) is 13.1. The molecule has 2 aromatic rings. The van der Waals surface area contributed by atoms with Gasteiger partial charge in [-0.1, -0.05) is 48.9 Å². The molecule has 1 N–H and O–H groups in total. The molecule has 0 aliphatic rings. The van der Waals surface area contributed by atoms with Crippen molar-refractivity contribution in [3.63, 3.8) is 0 Å². The first-order chi connectivity index (χ1) is 16.9. The third-order valence-electron chi connectivity index (χ3n) is 5.30. The van der Waals surface area contributed by atoms with Crippen molar-refractivity contribution in [2.45, 2.75) is 58.4 Å². The fraction of sp³-hybridized carbons (Fsp3) is 0.440. The molecule has 2 amide bonds. The van der Waals surface area contributed by atoms with Gasteiger partial charge in [0.2, 0.25) is 21.8 Å². The number of amides is 2. The number of nitrogens with one attached hydrogen (secondary N) is 1. The van der Waals surface area contributed by atoms with Crippen LogP contribution in [0.25, 0.3) is 0 Å². The predicted octanol–water partition coefficient (Wildman–Crippen LogP) is 4.85. The Labute approximate surface area is 220 Å². The van der Waals surface area contributed by atoms with E-state index in [0.29, 0.717) is 15.9 Å². The molecule has 0 aliphatic heterocycles. The molecular weight excluding hydrogens is 531 g/mol. The van der Waals surface area contributed by atoms with Gasteiger partial charge in [0.1, 0.15) is 12.6 Å². The molecule has 12 heteroatoms. The summed E-state index contributed by atoms with van der Waals surface area (Å²) >= 11 is 6.09. The molecular formula is C25H31ClF3N3O4S. The Kier molecular flexibility index (Phi) is 9.64. The third kappa shape index (κ3) is 8.63. The van der Waals surface area contributed by atoms with Crippen LogP contribution in [0.5, 0.6) is 0 Å². The number of carbonyl (C=O) groups excluding carboxylic acids is 2. The molecule has 0 spiro atoms. The van der Waals surface area contributed by atoms with Crippen LogP contribution in [0.15, 0.2) is 48.5 Å². The maximum Gasteiger partial charge on any atom is 0.416 e. The predicted molar refractivity (Wildman–Crippen MR) is 138 cm³/mol. The lowest BCUT2D eigenvalue weighted by Crippen LogP contribution is -2.55. The van der Waals surface area contributed by atoms with Crippen LogP contribution in [-0.4, -0.2) is 49.5 Å². The average Bonchev–Trinajstić information content (AvgIpc) is 2.75. The molecule has 0 bridgehead atoms. The van der Waals surface area contributed by atoms with Gasteiger partial charge in [-0.25, -0.2) is 8.42 Å². The summed E-state index contributed by atoms with van der Waals surface area (Å²) in [5.74, 6) is -1.22. The molecule has 2 rings (SSSR count). The van der Waals surface area contributed by atoms with Crippen molar-refractivity contribution >= 4 is 39.1 Å². The third-order valence-corrected chi connectivity index (χ3v) is 6.75. The van der Waals surface area contributed by atoms with Crippen LogP contribution in [0, 0.1) is 0 Å². The van der Waals surface area contributed by atoms with Crippen LogP contribution in [0.3, 0.4) is 0 Å². The summed E-state index contributed by atoms with van der Waals surface area (Å²) in [5.41, 5.74) is -1.53. The largest absolute Gasteiger partial charge is 0.416 e. The molecule has 0 aliphatic carbocycles. The van der Waals surface area contributed by atoms with Crippen molar-refractivity contribution in [3.8, 4) is 0 Å². The maximum atomic E-state index is 13.6. The van der Waals surface area contributed by atoms with E-state index < -0.39 is 57.4 Å². The Morgan fingerprint density at radius 3 is 2.14 bits per heavy atom. The van der Waals surface area contributed by atoms with Gasteiger partial charge in [0.25, 0.3) is 0 Å². The van der Waals surface area contributed by atoms with Crippen LogP contribution in [0.4, 0.5) is 18.9 Å². The van der Waals surface area contributed by atoms with Crippen LogP contribution in [-0.2, 0) is 32.3 Å². The van der Waals surface area contributed by atoms with Gasteiger partial charge in [-0.05, 0) is 51.0 Å². The number of benzene rings is 2. The average molecular weight is 562 g/mol. The monoisotopic (exact) mass is 561 g/mol. The molecule has 7 nitrogen and oxygen atoms in total. The van der Waals surface area contributed by atoms with Crippen molar-refractivity contribution in [2.24, 2.45) is 0 Å². The molecule has 1 atom stereocenters. The molecule has 0 saturated heterocycles. The van der Waals surface area contributed by atoms with Gasteiger partial charge >= 0.3 is 6.18 Å². The lowest BCUT2D eigenvalue weighted by atomic mass is 10.1. The highest BCUT2D eigenvalue weighted by molar-refractivity contribution is 7.92. The number of halogens is 4. The molecule has 204 valence electrons. The summed E-state index contributed by atoms with van der Waals surface area (Å²) in [7, 11) is -4.25. The molecule has 0 unspecified atom stereocenters. The first kappa shape index (κ1) is 30.4. The van der Waals surface area contributed by atoms with Gasteiger partial charge in [-0.2, -0.15) is 13.2 Å². The van der Waals surface area contributed by atoms with Gasteiger partial charge in [0.05, 0.1) is 22.5 Å². The number of hydrogen-bond acceptors (Lipinski definition) is 4. The van der Waals surface area contributed by atoms with Crippen LogP contribution in [0.1, 0.15) is 45.2 Å². The summed E-state index contributed by atoms with van der Waals surface area (Å²) < 4.78 is 65.9. The van der Waals surface area contributed by atoms with Gasteiger partial charge < -0.3 is 10.2 Å². The highest BCUT2D eigenvalue weighted by atomic mass is 35.5. The molecule has 0 fully saturated rings. The zero-order valence-electron chi connectivity index (χ0n) is 21.3. The summed E-state index contributed by atoms with van der Waals surface area (Å²) in [6.45, 7) is 6.16. The van der Waals surface area contributed by atoms with E-state index in [1.807, 2.05) is 0 Å². The van der Waals surface area contributed by atoms with E-state index in [4.69, 9.17) is 11.6 Å². The lowest BCUT2D eigenvalue weighted by Gasteiger charge is -2.34. The zero-order valence-corrected chi connectivity index (χ0v) is 22.8. The van der Waals surface area contributed by atoms with E-state index in [2.05, 4.69) is 5.32 Å². The molecule has 2 aromatic carbocycles. The van der Waals surface area contributed by atoms with E-state index in [1.54, 1.807) is 58.0 Å². The van der Waals surface area contributed by atoms with Gasteiger partial charge in [-0.15, -0.1) is 0 Å². The number of alkyl halides is 3. The van der Waals surface area contributed by atoms with Crippen molar-refractivity contribution in [1.29, 1.82) is 0 Å². The second kappa shape index (κ2) is 11.7. The Morgan fingerprint density at radius 2 is 1.65 bits per heavy atom. The molecule has 0 saturated carbocycles. The number of anilines is 1. The summed E-state index contributed by atoms with van der Waals surface area (Å²) in [5, 5.41) is 2.55. The summed E-state index contributed by atoms with van der Waals surface area (Å²) in [6, 6.07) is 10.0.